The van der Waals surface area contributed by atoms with E-state index in [0.717, 1.165) is 15.0 Å². The molecule has 0 saturated heterocycles. The Labute approximate surface area is 106 Å². The topological polar surface area (TPSA) is 86.5 Å². The lowest BCUT2D eigenvalue weighted by Gasteiger charge is -1.97. The highest BCUT2D eigenvalue weighted by molar-refractivity contribution is 7.19. The van der Waals surface area contributed by atoms with Crippen LogP contribution in [0.1, 0.15) is 4.88 Å². The van der Waals surface area contributed by atoms with Crippen molar-refractivity contribution in [3.8, 4) is 5.75 Å². The number of azo groups is 1. The first-order chi connectivity index (χ1) is 8.74. The van der Waals surface area contributed by atoms with Gasteiger partial charge in [-0.25, -0.2) is 0 Å². The number of rotatable bonds is 2. The number of phenols is 1. The number of aryl methyl sites for hydroxylation is 1. The van der Waals surface area contributed by atoms with Gasteiger partial charge in [-0.3, -0.25) is 0 Å². The number of thiophene rings is 1. The van der Waals surface area contributed by atoms with E-state index < -0.39 is 0 Å². The molecule has 7 heteroatoms. The van der Waals surface area contributed by atoms with Crippen molar-refractivity contribution in [1.29, 1.82) is 0 Å². The molecule has 0 fully saturated rings. The van der Waals surface area contributed by atoms with Crippen LogP contribution in [-0.4, -0.2) is 20.5 Å². The van der Waals surface area contributed by atoms with Crippen LogP contribution in [0.4, 0.5) is 11.5 Å². The summed E-state index contributed by atoms with van der Waals surface area (Å²) >= 11 is 1.57. The average Bonchev–Trinajstić information content (AvgIpc) is 2.97. The van der Waals surface area contributed by atoms with Gasteiger partial charge in [-0.15, -0.1) is 26.7 Å². The molecule has 6 nitrogen and oxygen atoms in total. The zero-order chi connectivity index (χ0) is 12.5. The Morgan fingerprint density at radius 1 is 1.33 bits per heavy atom. The predicted molar refractivity (Wildman–Crippen MR) is 68.8 cm³/mol. The van der Waals surface area contributed by atoms with E-state index in [2.05, 4.69) is 25.6 Å². The zero-order valence-corrected chi connectivity index (χ0v) is 10.3. The van der Waals surface area contributed by atoms with Crippen LogP contribution in [-0.2, 0) is 0 Å². The highest BCUT2D eigenvalue weighted by atomic mass is 32.1. The summed E-state index contributed by atoms with van der Waals surface area (Å²) in [5.41, 5.74) is 0.712. The third-order valence-electron chi connectivity index (χ3n) is 2.43. The van der Waals surface area contributed by atoms with Gasteiger partial charge in [0.05, 0.1) is 10.9 Å². The summed E-state index contributed by atoms with van der Waals surface area (Å²) in [7, 11) is 0. The van der Waals surface area contributed by atoms with Crippen LogP contribution < -0.4 is 0 Å². The van der Waals surface area contributed by atoms with Gasteiger partial charge in [0.25, 0.3) is 0 Å². The third-order valence-corrected chi connectivity index (χ3v) is 3.50. The first-order valence-electron chi connectivity index (χ1n) is 5.23. The average molecular weight is 259 g/mol. The number of hydrogen-bond acceptors (Lipinski definition) is 6. The molecule has 0 atom stereocenters. The maximum atomic E-state index is 9.77. The second-order valence-corrected chi connectivity index (χ2v) is 4.99. The van der Waals surface area contributed by atoms with Crippen molar-refractivity contribution < 1.29 is 5.11 Å². The highest BCUT2D eigenvalue weighted by Crippen LogP contribution is 2.38. The normalized spacial score (nSPS) is 11.6. The van der Waals surface area contributed by atoms with Gasteiger partial charge < -0.3 is 5.11 Å². The largest absolute Gasteiger partial charge is 0.507 e. The minimum Gasteiger partial charge on any atom is -0.507 e. The molecule has 0 aliphatic heterocycles. The van der Waals surface area contributed by atoms with Crippen LogP contribution in [0.3, 0.4) is 0 Å². The number of nitrogens with one attached hydrogen (secondary N) is 1. The highest BCUT2D eigenvalue weighted by Gasteiger charge is 2.08. The Hall–Kier alpha value is -2.28. The molecule has 0 amide bonds. The summed E-state index contributed by atoms with van der Waals surface area (Å²) in [5.74, 6) is 0.680. The molecule has 3 rings (SSSR count). The quantitative estimate of drug-likeness (QED) is 0.691. The van der Waals surface area contributed by atoms with E-state index in [9.17, 15) is 5.11 Å². The SMILES string of the molecule is Cc1cc2c(O)ccc(/N=N/c3cn[nH]n3)c2s1. The minimum absolute atomic E-state index is 0.259. The second kappa shape index (κ2) is 4.19. The van der Waals surface area contributed by atoms with Crippen LogP contribution in [0.2, 0.25) is 0 Å². The van der Waals surface area contributed by atoms with Gasteiger partial charge in [0.2, 0.25) is 5.82 Å². The Morgan fingerprint density at radius 2 is 2.22 bits per heavy atom. The summed E-state index contributed by atoms with van der Waals surface area (Å²) in [6.07, 6.45) is 1.49. The van der Waals surface area contributed by atoms with Gasteiger partial charge in [0.1, 0.15) is 11.4 Å². The molecule has 18 heavy (non-hydrogen) atoms. The van der Waals surface area contributed by atoms with Crippen molar-refractivity contribution in [3.05, 3.63) is 29.3 Å². The van der Waals surface area contributed by atoms with Gasteiger partial charge in [0.15, 0.2) is 0 Å². The number of aromatic nitrogens is 3. The van der Waals surface area contributed by atoms with Crippen molar-refractivity contribution in [2.75, 3.05) is 0 Å². The summed E-state index contributed by atoms with van der Waals surface area (Å²) in [6.45, 7) is 1.99. The van der Waals surface area contributed by atoms with Crippen molar-refractivity contribution >= 4 is 32.9 Å². The fourth-order valence-corrected chi connectivity index (χ4v) is 2.63. The van der Waals surface area contributed by atoms with Crippen LogP contribution in [0.25, 0.3) is 10.1 Å². The van der Waals surface area contributed by atoms with Gasteiger partial charge >= 0.3 is 0 Å². The molecule has 0 saturated carbocycles. The molecule has 0 unspecified atom stereocenters. The van der Waals surface area contributed by atoms with E-state index in [1.165, 1.54) is 6.20 Å². The summed E-state index contributed by atoms with van der Waals surface area (Å²) < 4.78 is 0.916. The standard InChI is InChI=1S/C11H9N5OS/c1-6-4-7-9(17)3-2-8(11(7)18-6)13-14-10-5-12-16-15-10/h2-5,17H,1H3,(H,12,15,16)/b14-13+. The molecule has 2 N–H and O–H groups in total. The smallest absolute Gasteiger partial charge is 0.215 e. The fraction of sp³-hybridized carbons (Fsp3) is 0.0909. The molecule has 0 aliphatic rings. The minimum atomic E-state index is 0.259. The molecule has 0 radical (unpaired) electrons. The third kappa shape index (κ3) is 1.84. The van der Waals surface area contributed by atoms with Crippen LogP contribution in [0.15, 0.2) is 34.6 Å². The molecular weight excluding hydrogens is 250 g/mol. The van der Waals surface area contributed by atoms with Crippen molar-refractivity contribution in [2.24, 2.45) is 10.2 Å². The summed E-state index contributed by atoms with van der Waals surface area (Å²) in [5, 5.41) is 28.6. The molecule has 1 aromatic carbocycles. The first-order valence-corrected chi connectivity index (χ1v) is 6.05. The van der Waals surface area contributed by atoms with Crippen molar-refractivity contribution in [2.45, 2.75) is 6.92 Å². The Kier molecular flexibility index (Phi) is 2.52. The number of phenolic OH excluding ortho intramolecular Hbond substituents is 1. The first kappa shape index (κ1) is 10.8. The Morgan fingerprint density at radius 3 is 3.00 bits per heavy atom. The zero-order valence-electron chi connectivity index (χ0n) is 9.45. The van der Waals surface area contributed by atoms with E-state index in [4.69, 9.17) is 0 Å². The summed E-state index contributed by atoms with van der Waals surface area (Å²) in [4.78, 5) is 1.12. The molecule has 2 aromatic heterocycles. The number of hydrogen-bond donors (Lipinski definition) is 2. The van der Waals surface area contributed by atoms with Gasteiger partial charge in [-0.1, -0.05) is 0 Å². The molecule has 0 aliphatic carbocycles. The van der Waals surface area contributed by atoms with E-state index in [1.54, 1.807) is 23.5 Å². The van der Waals surface area contributed by atoms with E-state index in [1.807, 2.05) is 13.0 Å². The van der Waals surface area contributed by atoms with Gasteiger partial charge in [-0.2, -0.15) is 10.3 Å². The van der Waals surface area contributed by atoms with E-state index in [0.29, 0.717) is 11.5 Å². The van der Waals surface area contributed by atoms with Crippen molar-refractivity contribution in [3.63, 3.8) is 0 Å². The maximum Gasteiger partial charge on any atom is 0.215 e. The summed E-state index contributed by atoms with van der Waals surface area (Å²) in [6, 6.07) is 5.29. The number of aromatic amines is 1. The number of benzene rings is 1. The van der Waals surface area contributed by atoms with E-state index >= 15 is 0 Å². The van der Waals surface area contributed by atoms with Crippen LogP contribution >= 0.6 is 11.3 Å². The molecule has 0 spiro atoms. The predicted octanol–water partition coefficient (Wildman–Crippen LogP) is 3.45. The second-order valence-electron chi connectivity index (χ2n) is 3.73. The lowest BCUT2D eigenvalue weighted by atomic mass is 10.2. The maximum absolute atomic E-state index is 9.77. The Balaban J connectivity index is 2.09. The van der Waals surface area contributed by atoms with Crippen LogP contribution in [0.5, 0.6) is 5.75 Å². The molecule has 0 bridgehead atoms. The van der Waals surface area contributed by atoms with Crippen molar-refractivity contribution in [1.82, 2.24) is 15.4 Å². The Bertz CT molecular complexity index is 716. The molecular formula is C11H9N5OS. The van der Waals surface area contributed by atoms with Gasteiger partial charge in [0, 0.05) is 10.3 Å². The fourth-order valence-electron chi connectivity index (χ4n) is 1.65. The number of aromatic hydroxyl groups is 1. The molecule has 90 valence electrons. The molecule has 2 heterocycles. The lowest BCUT2D eigenvalue weighted by molar-refractivity contribution is 0.482. The van der Waals surface area contributed by atoms with Crippen LogP contribution in [0, 0.1) is 6.92 Å². The van der Waals surface area contributed by atoms with Gasteiger partial charge in [-0.05, 0) is 25.1 Å². The van der Waals surface area contributed by atoms with E-state index in [-0.39, 0.29) is 5.75 Å². The molecule has 3 aromatic rings. The monoisotopic (exact) mass is 259 g/mol. The number of H-pyrrole nitrogens is 1. The number of nitrogens with zero attached hydrogens (tertiary/aromatic N) is 4. The number of fused-ring (bicyclic) bond motifs is 1. The lowest BCUT2D eigenvalue weighted by Crippen LogP contribution is -1.69.